The van der Waals surface area contributed by atoms with Crippen LogP contribution in [0.15, 0.2) is 66.7 Å². The fourth-order valence-corrected chi connectivity index (χ4v) is 4.64. The Morgan fingerprint density at radius 2 is 1.36 bits per heavy atom. The number of benzene rings is 3. The summed E-state index contributed by atoms with van der Waals surface area (Å²) in [6.07, 6.45) is 17.1. The average Bonchev–Trinajstić information content (AvgIpc) is 2.97. The molecule has 0 aliphatic heterocycles. The van der Waals surface area contributed by atoms with Crippen LogP contribution in [0.2, 0.25) is 0 Å². The van der Waals surface area contributed by atoms with Crippen molar-refractivity contribution in [3.8, 4) is 23.7 Å². The Morgan fingerprint density at radius 1 is 0.718 bits per heavy atom. The van der Waals surface area contributed by atoms with E-state index < -0.39 is 5.97 Å². The van der Waals surface area contributed by atoms with Crippen LogP contribution >= 0.6 is 0 Å². The molecule has 39 heavy (non-hydrogen) atoms. The predicted molar refractivity (Wildman–Crippen MR) is 163 cm³/mol. The van der Waals surface area contributed by atoms with Crippen molar-refractivity contribution in [1.29, 1.82) is 0 Å². The third-order valence-electron chi connectivity index (χ3n) is 6.94. The van der Waals surface area contributed by atoms with Gasteiger partial charge in [0.1, 0.15) is 5.56 Å². The van der Waals surface area contributed by atoms with Crippen molar-refractivity contribution >= 4 is 16.7 Å². The van der Waals surface area contributed by atoms with Gasteiger partial charge in [0.25, 0.3) is 0 Å². The van der Waals surface area contributed by atoms with Crippen molar-refractivity contribution in [2.24, 2.45) is 0 Å². The predicted octanol–water partition coefficient (Wildman–Crippen LogP) is 9.15. The van der Waals surface area contributed by atoms with Gasteiger partial charge in [0.05, 0.1) is 11.3 Å². The smallest absolute Gasteiger partial charge is 0.195 e. The number of carbonyl (C=O) groups is 1. The van der Waals surface area contributed by atoms with E-state index >= 15 is 0 Å². The van der Waals surface area contributed by atoms with Crippen molar-refractivity contribution in [2.45, 2.75) is 96.9 Å². The van der Waals surface area contributed by atoms with Gasteiger partial charge in [-0.2, -0.15) is 4.84 Å². The minimum Gasteiger partial charge on any atom is -0.195 e. The first-order chi connectivity index (χ1) is 19.3. The highest BCUT2D eigenvalue weighted by molar-refractivity contribution is 5.89. The lowest BCUT2D eigenvalue weighted by Gasteiger charge is -2.04. The monoisotopic (exact) mass is 521 g/mol. The number of hydrogen-bond donors (Lipinski definition) is 1. The molecule has 3 aromatic carbocycles. The molecule has 0 saturated heterocycles. The molecule has 0 fully saturated rings. The van der Waals surface area contributed by atoms with Gasteiger partial charge in [0.15, 0.2) is 0 Å². The molecule has 0 aromatic heterocycles. The quantitative estimate of drug-likeness (QED) is 0.0884. The zero-order valence-corrected chi connectivity index (χ0v) is 23.6. The van der Waals surface area contributed by atoms with Crippen LogP contribution in [-0.2, 0) is 11.4 Å². The van der Waals surface area contributed by atoms with E-state index in [1.54, 1.807) is 12.1 Å². The van der Waals surface area contributed by atoms with Gasteiger partial charge in [-0.15, -0.1) is 0 Å². The Balaban J connectivity index is 1.26. The molecule has 0 saturated carbocycles. The number of nitrogens with one attached hydrogen (secondary N) is 1. The van der Waals surface area contributed by atoms with E-state index in [1.165, 1.54) is 70.6 Å². The van der Waals surface area contributed by atoms with Gasteiger partial charge in [-0.25, -0.2) is 0 Å². The molecule has 0 atom stereocenters. The SMILES string of the molecule is CCCCCCCCCCCCCCC#CC#Cc1ccc(C(=[O+])ONCc2cccc3ccccc23)cc1. The summed E-state index contributed by atoms with van der Waals surface area (Å²) in [6.45, 7) is 2.71. The van der Waals surface area contributed by atoms with Crippen LogP contribution in [0.5, 0.6) is 0 Å². The maximum Gasteiger partial charge on any atom is 0.630 e. The minimum absolute atomic E-state index is 0.419. The molecule has 3 nitrogen and oxygen atoms in total. The molecule has 0 aliphatic carbocycles. The normalized spacial score (nSPS) is 10.4. The summed E-state index contributed by atoms with van der Waals surface area (Å²) < 4.78 is 0. The molecular weight excluding hydrogens is 478 g/mol. The van der Waals surface area contributed by atoms with Gasteiger partial charge in [-0.1, -0.05) is 132 Å². The Bertz CT molecular complexity index is 1250. The first kappa shape index (κ1) is 30.0. The fraction of sp³-hybridized carbons (Fsp3) is 0.417. The highest BCUT2D eigenvalue weighted by Gasteiger charge is 2.21. The molecule has 1 radical (unpaired) electrons. The van der Waals surface area contributed by atoms with E-state index in [2.05, 4.69) is 54.3 Å². The molecule has 0 unspecified atom stereocenters. The molecule has 3 rings (SSSR count). The number of rotatable bonds is 16. The second-order valence-electron chi connectivity index (χ2n) is 10.1. The first-order valence-electron chi connectivity index (χ1n) is 14.8. The molecule has 0 aliphatic rings. The second-order valence-corrected chi connectivity index (χ2v) is 10.1. The maximum absolute atomic E-state index is 12.4. The lowest BCUT2D eigenvalue weighted by molar-refractivity contribution is 0.0238. The maximum atomic E-state index is 12.4. The molecule has 0 heterocycles. The fourth-order valence-electron chi connectivity index (χ4n) is 4.64. The zero-order valence-electron chi connectivity index (χ0n) is 23.6. The van der Waals surface area contributed by atoms with Crippen LogP contribution in [-0.4, -0.2) is 5.97 Å². The van der Waals surface area contributed by atoms with Crippen LogP contribution < -0.4 is 5.48 Å². The van der Waals surface area contributed by atoms with Crippen molar-refractivity contribution < 1.29 is 9.63 Å². The highest BCUT2D eigenvalue weighted by Crippen LogP contribution is 2.18. The van der Waals surface area contributed by atoms with Gasteiger partial charge in [-0.05, 0) is 64.3 Å². The summed E-state index contributed by atoms with van der Waals surface area (Å²) in [7, 11) is 0. The van der Waals surface area contributed by atoms with E-state index in [0.717, 1.165) is 34.7 Å². The number of fused-ring (bicyclic) bond motifs is 1. The second kappa shape index (κ2) is 18.7. The van der Waals surface area contributed by atoms with Crippen LogP contribution in [0.25, 0.3) is 10.8 Å². The van der Waals surface area contributed by atoms with Crippen LogP contribution in [0.1, 0.15) is 112 Å². The summed E-state index contributed by atoms with van der Waals surface area (Å²) in [6, 6.07) is 21.4. The molecule has 0 spiro atoms. The molecule has 1 N–H and O–H groups in total. The van der Waals surface area contributed by atoms with E-state index in [0.29, 0.717) is 12.1 Å². The third-order valence-corrected chi connectivity index (χ3v) is 6.94. The van der Waals surface area contributed by atoms with Gasteiger partial charge in [0, 0.05) is 12.0 Å². The van der Waals surface area contributed by atoms with Crippen molar-refractivity contribution in [3.05, 3.63) is 83.4 Å². The highest BCUT2D eigenvalue weighted by atomic mass is 16.7. The lowest BCUT2D eigenvalue weighted by Crippen LogP contribution is -2.19. The van der Waals surface area contributed by atoms with Crippen molar-refractivity contribution in [2.75, 3.05) is 0 Å². The summed E-state index contributed by atoms with van der Waals surface area (Å²) in [5, 5.41) is 2.30. The van der Waals surface area contributed by atoms with Gasteiger partial charge in [-0.3, -0.25) is 0 Å². The number of carbonyl (C=O) groups excluding carboxylic acids is 1. The minimum atomic E-state index is -0.419. The Morgan fingerprint density at radius 3 is 2.08 bits per heavy atom. The van der Waals surface area contributed by atoms with E-state index in [1.807, 2.05) is 36.4 Å². The molecular formula is C36H43NO2+. The van der Waals surface area contributed by atoms with E-state index in [4.69, 9.17) is 4.84 Å². The van der Waals surface area contributed by atoms with E-state index in [9.17, 15) is 4.79 Å². The summed E-state index contributed by atoms with van der Waals surface area (Å²) in [4.78, 5) is 17.7. The molecule has 3 heteroatoms. The summed E-state index contributed by atoms with van der Waals surface area (Å²) >= 11 is 0. The number of hydroxylamine groups is 1. The molecule has 203 valence electrons. The third kappa shape index (κ3) is 11.8. The van der Waals surface area contributed by atoms with Crippen LogP contribution in [0.3, 0.4) is 0 Å². The Labute approximate surface area is 235 Å². The first-order valence-corrected chi connectivity index (χ1v) is 14.8. The topological polar surface area (TPSA) is 41.2 Å². The van der Waals surface area contributed by atoms with E-state index in [-0.39, 0.29) is 0 Å². The van der Waals surface area contributed by atoms with Crippen molar-refractivity contribution in [3.63, 3.8) is 0 Å². The number of hydrogen-bond acceptors (Lipinski definition) is 3. The van der Waals surface area contributed by atoms with Gasteiger partial charge in [0.2, 0.25) is 0 Å². The van der Waals surface area contributed by atoms with Crippen molar-refractivity contribution in [1.82, 2.24) is 5.48 Å². The number of unbranched alkanes of at least 4 members (excludes halogenated alkanes) is 12. The molecule has 0 amide bonds. The summed E-state index contributed by atoms with van der Waals surface area (Å²) in [5.74, 6) is 11.7. The molecule has 3 aromatic rings. The van der Waals surface area contributed by atoms with Crippen LogP contribution in [0, 0.1) is 23.7 Å². The summed E-state index contributed by atoms with van der Waals surface area (Å²) in [5.41, 5.74) is 5.18. The standard InChI is InChI=1S/C36H43NO2/c1-2-3-4-5-6-7-8-9-10-11-12-13-14-15-16-17-21-31-26-28-33(29-27-31)36(38)39-37-30-34-24-20-23-32-22-18-19-25-35(32)34/h18-20,22-29,37H,2-14,30H2,1H3/q+1. The van der Waals surface area contributed by atoms with Crippen LogP contribution in [0.4, 0.5) is 0 Å². The zero-order chi connectivity index (χ0) is 27.4. The molecule has 0 bridgehead atoms. The largest absolute Gasteiger partial charge is 0.630 e. The van der Waals surface area contributed by atoms with Gasteiger partial charge < -0.3 is 0 Å². The Hall–Kier alpha value is -3.53. The lowest BCUT2D eigenvalue weighted by atomic mass is 10.0. The Kier molecular flexibility index (Phi) is 14.4. The van der Waals surface area contributed by atoms with Gasteiger partial charge >= 0.3 is 5.97 Å². The average molecular weight is 522 g/mol.